The highest BCUT2D eigenvalue weighted by molar-refractivity contribution is 9.10. The van der Waals surface area contributed by atoms with Crippen molar-refractivity contribution in [2.45, 2.75) is 26.2 Å². The number of hydrogen-bond donors (Lipinski definition) is 2. The van der Waals surface area contributed by atoms with Crippen molar-refractivity contribution in [2.24, 2.45) is 0 Å². The maximum atomic E-state index is 10.3. The van der Waals surface area contributed by atoms with Gasteiger partial charge >= 0.3 is 0 Å². The molecule has 3 rings (SSSR count). The highest BCUT2D eigenvalue weighted by Gasteiger charge is 2.13. The van der Waals surface area contributed by atoms with Crippen molar-refractivity contribution in [2.75, 3.05) is 13.2 Å². The fourth-order valence-electron chi connectivity index (χ4n) is 3.01. The van der Waals surface area contributed by atoms with Gasteiger partial charge in [0, 0.05) is 18.1 Å². The van der Waals surface area contributed by atoms with E-state index in [2.05, 4.69) is 21.2 Å². The average molecular weight is 491 g/mol. The third-order valence-electron chi connectivity index (χ3n) is 4.52. The molecule has 3 aromatic rings. The first kappa shape index (κ1) is 22.6. The largest absolute Gasteiger partial charge is 0.490 e. The number of halogens is 2. The van der Waals surface area contributed by atoms with Crippen LogP contribution in [0.1, 0.15) is 29.7 Å². The minimum Gasteiger partial charge on any atom is -0.490 e. The highest BCUT2D eigenvalue weighted by atomic mass is 79.9. The molecule has 0 amide bonds. The number of aliphatic hydroxyl groups excluding tert-OH is 1. The van der Waals surface area contributed by atoms with Crippen LogP contribution in [0.5, 0.6) is 11.5 Å². The Labute approximate surface area is 190 Å². The highest BCUT2D eigenvalue weighted by Crippen LogP contribution is 2.37. The first-order valence-electron chi connectivity index (χ1n) is 9.83. The SMILES string of the molecule is CCOc1cc(CNC[C@H](O)c2ccccc2)cc(Br)c1OCc1ccc(Cl)cc1. The fraction of sp³-hybridized carbons (Fsp3) is 0.250. The summed E-state index contributed by atoms with van der Waals surface area (Å²) in [5.41, 5.74) is 2.95. The zero-order valence-corrected chi connectivity index (χ0v) is 19.1. The van der Waals surface area contributed by atoms with Gasteiger partial charge in [-0.05, 0) is 63.8 Å². The number of ether oxygens (including phenoxy) is 2. The lowest BCUT2D eigenvalue weighted by atomic mass is 10.1. The molecule has 0 saturated heterocycles. The first-order valence-corrected chi connectivity index (χ1v) is 11.0. The summed E-state index contributed by atoms with van der Waals surface area (Å²) in [6.07, 6.45) is -0.553. The van der Waals surface area contributed by atoms with Crippen LogP contribution >= 0.6 is 27.5 Å². The van der Waals surface area contributed by atoms with Gasteiger partial charge in [0.2, 0.25) is 0 Å². The molecule has 2 N–H and O–H groups in total. The predicted octanol–water partition coefficient (Wildman–Crippen LogP) is 5.90. The third-order valence-corrected chi connectivity index (χ3v) is 5.36. The van der Waals surface area contributed by atoms with Gasteiger partial charge in [-0.3, -0.25) is 0 Å². The quantitative estimate of drug-likeness (QED) is 0.371. The van der Waals surface area contributed by atoms with Crippen LogP contribution in [-0.4, -0.2) is 18.3 Å². The second-order valence-electron chi connectivity index (χ2n) is 6.81. The molecule has 6 heteroatoms. The number of nitrogens with one attached hydrogen (secondary N) is 1. The van der Waals surface area contributed by atoms with Crippen LogP contribution in [0.15, 0.2) is 71.2 Å². The minimum atomic E-state index is -0.553. The van der Waals surface area contributed by atoms with E-state index in [0.717, 1.165) is 21.2 Å². The summed E-state index contributed by atoms with van der Waals surface area (Å²) >= 11 is 9.55. The molecule has 30 heavy (non-hydrogen) atoms. The van der Waals surface area contributed by atoms with Crippen molar-refractivity contribution in [3.05, 3.63) is 92.9 Å². The van der Waals surface area contributed by atoms with Crippen LogP contribution in [0, 0.1) is 0 Å². The van der Waals surface area contributed by atoms with Crippen LogP contribution in [0.4, 0.5) is 0 Å². The lowest BCUT2D eigenvalue weighted by molar-refractivity contribution is 0.174. The Morgan fingerprint density at radius 2 is 1.73 bits per heavy atom. The van der Waals surface area contributed by atoms with Gasteiger partial charge in [-0.1, -0.05) is 54.1 Å². The molecule has 158 valence electrons. The lowest BCUT2D eigenvalue weighted by Gasteiger charge is -2.17. The molecule has 0 bridgehead atoms. The summed E-state index contributed by atoms with van der Waals surface area (Å²) in [6.45, 7) is 3.95. The smallest absolute Gasteiger partial charge is 0.175 e. The predicted molar refractivity (Wildman–Crippen MR) is 124 cm³/mol. The summed E-state index contributed by atoms with van der Waals surface area (Å²) in [5.74, 6) is 1.35. The Morgan fingerprint density at radius 3 is 2.43 bits per heavy atom. The van der Waals surface area contributed by atoms with Crippen molar-refractivity contribution in [3.63, 3.8) is 0 Å². The van der Waals surface area contributed by atoms with Gasteiger partial charge in [0.05, 0.1) is 17.2 Å². The van der Waals surface area contributed by atoms with Gasteiger partial charge < -0.3 is 19.9 Å². The molecule has 0 aliphatic carbocycles. The van der Waals surface area contributed by atoms with E-state index >= 15 is 0 Å². The second-order valence-corrected chi connectivity index (χ2v) is 8.10. The van der Waals surface area contributed by atoms with E-state index in [9.17, 15) is 5.11 Å². The van der Waals surface area contributed by atoms with Crippen molar-refractivity contribution >= 4 is 27.5 Å². The summed E-state index contributed by atoms with van der Waals surface area (Å²) in [4.78, 5) is 0. The molecule has 0 aliphatic rings. The van der Waals surface area contributed by atoms with E-state index in [0.29, 0.717) is 42.8 Å². The van der Waals surface area contributed by atoms with Crippen molar-refractivity contribution in [1.29, 1.82) is 0 Å². The third kappa shape index (κ3) is 6.47. The summed E-state index contributed by atoms with van der Waals surface area (Å²) < 4.78 is 12.7. The van der Waals surface area contributed by atoms with Gasteiger partial charge in [0.25, 0.3) is 0 Å². The van der Waals surface area contributed by atoms with E-state index in [1.54, 1.807) is 0 Å². The summed E-state index contributed by atoms with van der Waals surface area (Å²) in [6, 6.07) is 21.2. The molecule has 0 unspecified atom stereocenters. The molecular weight excluding hydrogens is 466 g/mol. The molecule has 0 fully saturated rings. The Hall–Kier alpha value is -2.05. The van der Waals surface area contributed by atoms with Crippen LogP contribution in [-0.2, 0) is 13.2 Å². The molecule has 0 spiro atoms. The van der Waals surface area contributed by atoms with E-state index in [-0.39, 0.29) is 0 Å². The Bertz CT molecular complexity index is 935. The number of rotatable bonds is 10. The van der Waals surface area contributed by atoms with Gasteiger partial charge in [-0.2, -0.15) is 0 Å². The van der Waals surface area contributed by atoms with Crippen LogP contribution in [0.2, 0.25) is 5.02 Å². The first-order chi connectivity index (χ1) is 14.6. The molecule has 0 heterocycles. The molecule has 0 aromatic heterocycles. The van der Waals surface area contributed by atoms with Crippen molar-refractivity contribution in [3.8, 4) is 11.5 Å². The average Bonchev–Trinajstić information content (AvgIpc) is 2.75. The monoisotopic (exact) mass is 489 g/mol. The van der Waals surface area contributed by atoms with Gasteiger partial charge in [0.1, 0.15) is 6.61 Å². The van der Waals surface area contributed by atoms with Crippen molar-refractivity contribution in [1.82, 2.24) is 5.32 Å². The van der Waals surface area contributed by atoms with Crippen LogP contribution in [0.25, 0.3) is 0 Å². The Balaban J connectivity index is 1.64. The van der Waals surface area contributed by atoms with Crippen molar-refractivity contribution < 1.29 is 14.6 Å². The van der Waals surface area contributed by atoms with Crippen LogP contribution < -0.4 is 14.8 Å². The number of aliphatic hydroxyl groups is 1. The fourth-order valence-corrected chi connectivity index (χ4v) is 3.74. The molecule has 0 radical (unpaired) electrons. The van der Waals surface area contributed by atoms with E-state index in [1.165, 1.54) is 0 Å². The standard InChI is InChI=1S/C24H25BrClNO3/c1-2-29-23-13-18(14-27-15-22(28)19-6-4-3-5-7-19)12-21(25)24(23)30-16-17-8-10-20(26)11-9-17/h3-13,22,27-28H,2,14-16H2,1H3/t22-/m0/s1. The Kier molecular flexibility index (Phi) is 8.58. The number of benzene rings is 3. The van der Waals surface area contributed by atoms with Gasteiger partial charge in [0.15, 0.2) is 11.5 Å². The summed E-state index contributed by atoms with van der Waals surface area (Å²) in [5, 5.41) is 14.3. The van der Waals surface area contributed by atoms with Gasteiger partial charge in [-0.15, -0.1) is 0 Å². The minimum absolute atomic E-state index is 0.413. The van der Waals surface area contributed by atoms with Gasteiger partial charge in [-0.25, -0.2) is 0 Å². The van der Waals surface area contributed by atoms with Crippen LogP contribution in [0.3, 0.4) is 0 Å². The zero-order valence-electron chi connectivity index (χ0n) is 16.8. The molecular formula is C24H25BrClNO3. The van der Waals surface area contributed by atoms with E-state index < -0.39 is 6.10 Å². The Morgan fingerprint density at radius 1 is 1.00 bits per heavy atom. The molecule has 4 nitrogen and oxygen atoms in total. The molecule has 0 aliphatic heterocycles. The topological polar surface area (TPSA) is 50.7 Å². The zero-order chi connectivity index (χ0) is 21.3. The molecule has 0 saturated carbocycles. The lowest BCUT2D eigenvalue weighted by Crippen LogP contribution is -2.21. The maximum absolute atomic E-state index is 10.3. The molecule has 1 atom stereocenters. The second kappa shape index (κ2) is 11.4. The van der Waals surface area contributed by atoms with E-state index in [4.69, 9.17) is 21.1 Å². The van der Waals surface area contributed by atoms with E-state index in [1.807, 2.05) is 73.7 Å². The molecule has 3 aromatic carbocycles. The summed E-state index contributed by atoms with van der Waals surface area (Å²) in [7, 11) is 0. The number of hydrogen-bond acceptors (Lipinski definition) is 4. The maximum Gasteiger partial charge on any atom is 0.175 e. The normalized spacial score (nSPS) is 11.9.